The first kappa shape index (κ1) is 13.9. The van der Waals surface area contributed by atoms with E-state index in [9.17, 15) is 5.11 Å². The van der Waals surface area contributed by atoms with Crippen LogP contribution < -0.4 is 0 Å². The highest BCUT2D eigenvalue weighted by atomic mass is 79.9. The number of rotatable bonds is 3. The first-order valence-electron chi connectivity index (χ1n) is 5.44. The molecule has 0 bridgehead atoms. The van der Waals surface area contributed by atoms with Gasteiger partial charge in [0.15, 0.2) is 0 Å². The quantitative estimate of drug-likeness (QED) is 0.826. The van der Waals surface area contributed by atoms with Crippen molar-refractivity contribution in [3.63, 3.8) is 0 Å². The van der Waals surface area contributed by atoms with Gasteiger partial charge in [0.05, 0.1) is 16.1 Å². The van der Waals surface area contributed by atoms with Gasteiger partial charge in [-0.1, -0.05) is 63.4 Å². The van der Waals surface area contributed by atoms with E-state index in [1.807, 2.05) is 24.3 Å². The van der Waals surface area contributed by atoms with E-state index in [1.54, 1.807) is 18.2 Å². The standard InChI is InChI=1S/C14H11BrCl2O/c15-11-4-2-1-3-9(11)8-14(18)10-5-6-12(16)13(17)7-10/h1-7,14,18H,8H2. The van der Waals surface area contributed by atoms with Crippen LogP contribution in [-0.4, -0.2) is 5.11 Å². The Bertz CT molecular complexity index is 557. The van der Waals surface area contributed by atoms with Gasteiger partial charge in [-0.2, -0.15) is 0 Å². The van der Waals surface area contributed by atoms with Crippen LogP contribution >= 0.6 is 39.1 Å². The van der Waals surface area contributed by atoms with Crippen LogP contribution in [0.2, 0.25) is 10.0 Å². The van der Waals surface area contributed by atoms with Crippen LogP contribution in [0.3, 0.4) is 0 Å². The molecule has 0 amide bonds. The Labute approximate surface area is 124 Å². The zero-order valence-electron chi connectivity index (χ0n) is 9.41. The fraction of sp³-hybridized carbons (Fsp3) is 0.143. The number of aliphatic hydroxyl groups is 1. The van der Waals surface area contributed by atoms with Crippen LogP contribution in [0, 0.1) is 0 Å². The third kappa shape index (κ3) is 3.27. The third-order valence-electron chi connectivity index (χ3n) is 2.70. The molecule has 0 aliphatic heterocycles. The van der Waals surface area contributed by atoms with Gasteiger partial charge in [0.2, 0.25) is 0 Å². The number of benzene rings is 2. The lowest BCUT2D eigenvalue weighted by Gasteiger charge is -2.13. The van der Waals surface area contributed by atoms with Crippen molar-refractivity contribution in [1.82, 2.24) is 0 Å². The van der Waals surface area contributed by atoms with E-state index >= 15 is 0 Å². The second-order valence-electron chi connectivity index (χ2n) is 3.98. The summed E-state index contributed by atoms with van der Waals surface area (Å²) in [6.07, 6.45) is -0.0715. The molecule has 18 heavy (non-hydrogen) atoms. The SMILES string of the molecule is OC(Cc1ccccc1Br)c1ccc(Cl)c(Cl)c1. The monoisotopic (exact) mass is 344 g/mol. The number of halogens is 3. The van der Waals surface area contributed by atoms with Gasteiger partial charge in [0.25, 0.3) is 0 Å². The molecule has 1 atom stereocenters. The minimum atomic E-state index is -0.599. The normalized spacial score (nSPS) is 12.4. The van der Waals surface area contributed by atoms with Crippen molar-refractivity contribution < 1.29 is 5.11 Å². The molecule has 0 radical (unpaired) electrons. The highest BCUT2D eigenvalue weighted by Crippen LogP contribution is 2.28. The lowest BCUT2D eigenvalue weighted by molar-refractivity contribution is 0.178. The van der Waals surface area contributed by atoms with Gasteiger partial charge in [0.1, 0.15) is 0 Å². The number of aliphatic hydroxyl groups excluding tert-OH is 1. The Balaban J connectivity index is 2.19. The molecule has 1 nitrogen and oxygen atoms in total. The summed E-state index contributed by atoms with van der Waals surface area (Å²) >= 11 is 15.3. The Kier molecular flexibility index (Phi) is 4.68. The first-order chi connectivity index (χ1) is 8.58. The first-order valence-corrected chi connectivity index (χ1v) is 6.99. The topological polar surface area (TPSA) is 20.2 Å². The van der Waals surface area contributed by atoms with Crippen molar-refractivity contribution in [2.45, 2.75) is 12.5 Å². The van der Waals surface area contributed by atoms with Crippen LogP contribution in [0.15, 0.2) is 46.9 Å². The predicted octanol–water partition coefficient (Wildman–Crippen LogP) is 5.03. The molecule has 2 aromatic carbocycles. The fourth-order valence-corrected chi connectivity index (χ4v) is 2.46. The summed E-state index contributed by atoms with van der Waals surface area (Å²) in [6.45, 7) is 0. The molecule has 2 aromatic rings. The van der Waals surface area contributed by atoms with Crippen molar-refractivity contribution in [3.8, 4) is 0 Å². The van der Waals surface area contributed by atoms with Gasteiger partial charge < -0.3 is 5.11 Å². The zero-order chi connectivity index (χ0) is 13.1. The van der Waals surface area contributed by atoms with Gasteiger partial charge in [-0.05, 0) is 29.3 Å². The molecule has 0 aliphatic rings. The molecule has 0 aromatic heterocycles. The molecular weight excluding hydrogens is 335 g/mol. The largest absolute Gasteiger partial charge is 0.388 e. The Morgan fingerprint density at radius 3 is 2.44 bits per heavy atom. The average molecular weight is 346 g/mol. The van der Waals surface area contributed by atoms with Crippen molar-refractivity contribution in [2.75, 3.05) is 0 Å². The second-order valence-corrected chi connectivity index (χ2v) is 5.65. The summed E-state index contributed by atoms with van der Waals surface area (Å²) in [6, 6.07) is 13.0. The Morgan fingerprint density at radius 1 is 1.06 bits per heavy atom. The highest BCUT2D eigenvalue weighted by molar-refractivity contribution is 9.10. The minimum Gasteiger partial charge on any atom is -0.388 e. The molecule has 1 unspecified atom stereocenters. The lowest BCUT2D eigenvalue weighted by Crippen LogP contribution is -2.02. The second kappa shape index (κ2) is 6.07. The molecule has 0 spiro atoms. The van der Waals surface area contributed by atoms with E-state index < -0.39 is 6.10 Å². The molecule has 0 aliphatic carbocycles. The van der Waals surface area contributed by atoms with E-state index in [-0.39, 0.29) is 0 Å². The Hall–Kier alpha value is -0.540. The molecule has 0 fully saturated rings. The molecule has 1 N–H and O–H groups in total. The summed E-state index contributed by atoms with van der Waals surface area (Å²) < 4.78 is 0.990. The van der Waals surface area contributed by atoms with Gasteiger partial charge in [-0.3, -0.25) is 0 Å². The van der Waals surface area contributed by atoms with Crippen molar-refractivity contribution in [2.24, 2.45) is 0 Å². The average Bonchev–Trinajstić information content (AvgIpc) is 2.35. The van der Waals surface area contributed by atoms with Crippen LogP contribution in [0.25, 0.3) is 0 Å². The van der Waals surface area contributed by atoms with Crippen molar-refractivity contribution in [3.05, 3.63) is 68.1 Å². The summed E-state index contributed by atoms with van der Waals surface area (Å²) in [5, 5.41) is 11.1. The van der Waals surface area contributed by atoms with E-state index in [2.05, 4.69) is 15.9 Å². The molecular formula is C14H11BrCl2O. The van der Waals surface area contributed by atoms with E-state index in [4.69, 9.17) is 23.2 Å². The van der Waals surface area contributed by atoms with Crippen LogP contribution in [0.1, 0.15) is 17.2 Å². The molecule has 0 heterocycles. The molecule has 2 rings (SSSR count). The van der Waals surface area contributed by atoms with Crippen LogP contribution in [0.4, 0.5) is 0 Å². The van der Waals surface area contributed by atoms with Crippen molar-refractivity contribution in [1.29, 1.82) is 0 Å². The predicted molar refractivity (Wildman–Crippen MR) is 79.3 cm³/mol. The fourth-order valence-electron chi connectivity index (χ4n) is 1.71. The molecule has 4 heteroatoms. The number of hydrogen-bond acceptors (Lipinski definition) is 1. The summed E-state index contributed by atoms with van der Waals surface area (Å²) in [7, 11) is 0. The lowest BCUT2D eigenvalue weighted by atomic mass is 10.0. The maximum atomic E-state index is 10.2. The smallest absolute Gasteiger partial charge is 0.0831 e. The zero-order valence-corrected chi connectivity index (χ0v) is 12.5. The summed E-state index contributed by atoms with van der Waals surface area (Å²) in [5.74, 6) is 0. The minimum absolute atomic E-state index is 0.459. The molecule has 0 saturated carbocycles. The van der Waals surface area contributed by atoms with E-state index in [0.29, 0.717) is 16.5 Å². The van der Waals surface area contributed by atoms with Crippen LogP contribution in [-0.2, 0) is 6.42 Å². The van der Waals surface area contributed by atoms with Gasteiger partial charge in [0, 0.05) is 10.9 Å². The van der Waals surface area contributed by atoms with Gasteiger partial charge >= 0.3 is 0 Å². The molecule has 94 valence electrons. The Morgan fingerprint density at radius 2 is 1.78 bits per heavy atom. The maximum absolute atomic E-state index is 10.2. The van der Waals surface area contributed by atoms with Gasteiger partial charge in [-0.25, -0.2) is 0 Å². The van der Waals surface area contributed by atoms with Crippen molar-refractivity contribution >= 4 is 39.1 Å². The van der Waals surface area contributed by atoms with Crippen LogP contribution in [0.5, 0.6) is 0 Å². The van der Waals surface area contributed by atoms with E-state index in [0.717, 1.165) is 15.6 Å². The molecule has 0 saturated heterocycles. The van der Waals surface area contributed by atoms with E-state index in [1.165, 1.54) is 0 Å². The summed E-state index contributed by atoms with van der Waals surface area (Å²) in [5.41, 5.74) is 1.82. The summed E-state index contributed by atoms with van der Waals surface area (Å²) in [4.78, 5) is 0. The highest BCUT2D eigenvalue weighted by Gasteiger charge is 2.11. The number of hydrogen-bond donors (Lipinski definition) is 1. The maximum Gasteiger partial charge on any atom is 0.0831 e. The van der Waals surface area contributed by atoms with Gasteiger partial charge in [-0.15, -0.1) is 0 Å². The third-order valence-corrected chi connectivity index (χ3v) is 4.21.